The molecule has 1 heterocycles. The third kappa shape index (κ3) is 2.54. The van der Waals surface area contributed by atoms with Crippen LogP contribution in [0.5, 0.6) is 0 Å². The Balaban J connectivity index is 2.42. The van der Waals surface area contributed by atoms with Gasteiger partial charge in [0.2, 0.25) is 0 Å². The molecule has 0 aliphatic rings. The maximum absolute atomic E-state index is 6.11. The number of aryl methyl sites for hydroxylation is 1. The van der Waals surface area contributed by atoms with Crippen LogP contribution >= 0.6 is 27.5 Å². The minimum atomic E-state index is 0.0422. The van der Waals surface area contributed by atoms with Gasteiger partial charge in [-0.25, -0.2) is 4.98 Å². The molecule has 0 saturated carbocycles. The van der Waals surface area contributed by atoms with Gasteiger partial charge in [-0.1, -0.05) is 17.7 Å². The van der Waals surface area contributed by atoms with Crippen molar-refractivity contribution < 1.29 is 0 Å². The Morgan fingerprint density at radius 1 is 1.47 bits per heavy atom. The van der Waals surface area contributed by atoms with Crippen LogP contribution in [-0.2, 0) is 7.05 Å². The van der Waals surface area contributed by atoms with Gasteiger partial charge in [0.15, 0.2) is 0 Å². The highest BCUT2D eigenvalue weighted by Crippen LogP contribution is 2.28. The van der Waals surface area contributed by atoms with Crippen molar-refractivity contribution in [2.75, 3.05) is 7.05 Å². The number of halogens is 2. The highest BCUT2D eigenvalue weighted by atomic mass is 79.9. The van der Waals surface area contributed by atoms with Gasteiger partial charge >= 0.3 is 0 Å². The molecular formula is C12H13BrClN3. The lowest BCUT2D eigenvalue weighted by Crippen LogP contribution is -2.21. The molecule has 1 unspecified atom stereocenters. The van der Waals surface area contributed by atoms with Crippen molar-refractivity contribution in [3.05, 3.63) is 51.5 Å². The summed E-state index contributed by atoms with van der Waals surface area (Å²) in [6.45, 7) is 0. The first-order valence-corrected chi connectivity index (χ1v) is 6.40. The van der Waals surface area contributed by atoms with E-state index in [2.05, 4.69) is 26.2 Å². The van der Waals surface area contributed by atoms with Crippen molar-refractivity contribution in [3.63, 3.8) is 0 Å². The third-order valence-corrected chi connectivity index (χ3v) is 3.91. The van der Waals surface area contributed by atoms with Crippen LogP contribution < -0.4 is 5.32 Å². The monoisotopic (exact) mass is 313 g/mol. The molecule has 0 fully saturated rings. The quantitative estimate of drug-likeness (QED) is 0.943. The Morgan fingerprint density at radius 3 is 2.76 bits per heavy atom. The number of hydrogen-bond acceptors (Lipinski definition) is 2. The Hall–Kier alpha value is -0.840. The lowest BCUT2D eigenvalue weighted by Gasteiger charge is -2.17. The molecule has 0 spiro atoms. The number of nitrogens with one attached hydrogen (secondary N) is 1. The minimum absolute atomic E-state index is 0.0422. The molecule has 3 nitrogen and oxygen atoms in total. The molecule has 1 N–H and O–H groups in total. The Labute approximate surface area is 114 Å². The number of benzene rings is 1. The molecule has 0 bridgehead atoms. The number of imidazole rings is 1. The van der Waals surface area contributed by atoms with Crippen LogP contribution in [0, 0.1) is 0 Å². The van der Waals surface area contributed by atoms with E-state index in [1.54, 1.807) is 6.20 Å². The van der Waals surface area contributed by atoms with Gasteiger partial charge in [-0.2, -0.15) is 0 Å². The molecule has 0 radical (unpaired) electrons. The van der Waals surface area contributed by atoms with Gasteiger partial charge in [-0.05, 0) is 40.7 Å². The molecule has 1 aromatic carbocycles. The zero-order chi connectivity index (χ0) is 12.4. The van der Waals surface area contributed by atoms with Crippen LogP contribution in [0.15, 0.2) is 35.1 Å². The second kappa shape index (κ2) is 5.21. The van der Waals surface area contributed by atoms with E-state index < -0.39 is 0 Å². The molecule has 90 valence electrons. The predicted molar refractivity (Wildman–Crippen MR) is 73.3 cm³/mol. The Kier molecular flexibility index (Phi) is 3.86. The smallest absolute Gasteiger partial charge is 0.130 e. The van der Waals surface area contributed by atoms with Crippen LogP contribution in [0.4, 0.5) is 0 Å². The highest BCUT2D eigenvalue weighted by Gasteiger charge is 2.16. The van der Waals surface area contributed by atoms with E-state index in [-0.39, 0.29) is 6.04 Å². The molecule has 1 aromatic heterocycles. The summed E-state index contributed by atoms with van der Waals surface area (Å²) in [6.07, 6.45) is 3.72. The van der Waals surface area contributed by atoms with E-state index in [1.807, 2.05) is 43.1 Å². The van der Waals surface area contributed by atoms with E-state index >= 15 is 0 Å². The zero-order valence-electron chi connectivity index (χ0n) is 9.61. The lowest BCUT2D eigenvalue weighted by atomic mass is 10.1. The van der Waals surface area contributed by atoms with Gasteiger partial charge < -0.3 is 9.88 Å². The van der Waals surface area contributed by atoms with Crippen LogP contribution in [0.1, 0.15) is 17.4 Å². The van der Waals surface area contributed by atoms with Crippen molar-refractivity contribution in [1.82, 2.24) is 14.9 Å². The fourth-order valence-corrected chi connectivity index (χ4v) is 2.23. The summed E-state index contributed by atoms with van der Waals surface area (Å²) >= 11 is 9.50. The molecule has 5 heteroatoms. The van der Waals surface area contributed by atoms with Crippen molar-refractivity contribution in [3.8, 4) is 0 Å². The molecule has 0 aliphatic carbocycles. The molecule has 1 atom stereocenters. The molecule has 17 heavy (non-hydrogen) atoms. The zero-order valence-corrected chi connectivity index (χ0v) is 12.0. The van der Waals surface area contributed by atoms with Crippen LogP contribution in [-0.4, -0.2) is 16.6 Å². The van der Waals surface area contributed by atoms with Crippen molar-refractivity contribution in [1.29, 1.82) is 0 Å². The highest BCUT2D eigenvalue weighted by molar-refractivity contribution is 9.10. The summed E-state index contributed by atoms with van der Waals surface area (Å²) < 4.78 is 2.90. The number of aromatic nitrogens is 2. The van der Waals surface area contributed by atoms with Gasteiger partial charge in [-0.15, -0.1) is 0 Å². The average molecular weight is 315 g/mol. The molecule has 2 rings (SSSR count). The number of hydrogen-bond donors (Lipinski definition) is 1. The SMILES string of the molecule is CNC(c1ccc(Br)c(Cl)c1)c1nccn1C. The largest absolute Gasteiger partial charge is 0.336 e. The van der Waals surface area contributed by atoms with Gasteiger partial charge in [-0.3, -0.25) is 0 Å². The van der Waals surface area contributed by atoms with Crippen LogP contribution in [0.25, 0.3) is 0 Å². The van der Waals surface area contributed by atoms with Gasteiger partial charge in [0.1, 0.15) is 5.82 Å². The first-order chi connectivity index (χ1) is 8.13. The van der Waals surface area contributed by atoms with Crippen molar-refractivity contribution in [2.24, 2.45) is 7.05 Å². The lowest BCUT2D eigenvalue weighted by molar-refractivity contribution is 0.617. The van der Waals surface area contributed by atoms with Gasteiger partial charge in [0.25, 0.3) is 0 Å². The second-order valence-electron chi connectivity index (χ2n) is 3.79. The number of rotatable bonds is 3. The van der Waals surface area contributed by atoms with E-state index in [9.17, 15) is 0 Å². The fourth-order valence-electron chi connectivity index (χ4n) is 1.79. The third-order valence-electron chi connectivity index (χ3n) is 2.68. The predicted octanol–water partition coefficient (Wildman–Crippen LogP) is 3.14. The van der Waals surface area contributed by atoms with E-state index in [0.717, 1.165) is 15.9 Å². The number of nitrogens with zero attached hydrogens (tertiary/aromatic N) is 2. The van der Waals surface area contributed by atoms with Crippen LogP contribution in [0.3, 0.4) is 0 Å². The summed E-state index contributed by atoms with van der Waals surface area (Å²) in [5, 5.41) is 3.96. The molecule has 0 saturated heterocycles. The summed E-state index contributed by atoms with van der Waals surface area (Å²) in [5.41, 5.74) is 1.09. The minimum Gasteiger partial charge on any atom is -0.336 e. The maximum atomic E-state index is 6.11. The average Bonchev–Trinajstić information content (AvgIpc) is 2.71. The molecule has 2 aromatic rings. The van der Waals surface area contributed by atoms with E-state index in [0.29, 0.717) is 5.02 Å². The van der Waals surface area contributed by atoms with E-state index in [4.69, 9.17) is 11.6 Å². The van der Waals surface area contributed by atoms with Gasteiger partial charge in [0.05, 0.1) is 11.1 Å². The van der Waals surface area contributed by atoms with Crippen LogP contribution in [0.2, 0.25) is 5.02 Å². The van der Waals surface area contributed by atoms with Crippen molar-refractivity contribution >= 4 is 27.5 Å². The second-order valence-corrected chi connectivity index (χ2v) is 5.05. The summed E-state index contributed by atoms with van der Waals surface area (Å²) in [5.74, 6) is 0.964. The topological polar surface area (TPSA) is 29.9 Å². The van der Waals surface area contributed by atoms with Gasteiger partial charge in [0, 0.05) is 23.9 Å². The summed E-state index contributed by atoms with van der Waals surface area (Å²) in [7, 11) is 3.89. The standard InChI is InChI=1S/C12H13BrClN3/c1-15-11(12-16-5-6-17(12)2)8-3-4-9(13)10(14)7-8/h3-7,11,15H,1-2H3. The molecule has 0 amide bonds. The Morgan fingerprint density at radius 2 is 2.24 bits per heavy atom. The summed E-state index contributed by atoms with van der Waals surface area (Å²) in [6, 6.07) is 5.97. The first kappa shape index (κ1) is 12.6. The molecular weight excluding hydrogens is 302 g/mol. The summed E-state index contributed by atoms with van der Waals surface area (Å²) in [4.78, 5) is 4.36. The molecule has 0 aliphatic heterocycles. The first-order valence-electron chi connectivity index (χ1n) is 5.23. The van der Waals surface area contributed by atoms with E-state index in [1.165, 1.54) is 0 Å². The Bertz CT molecular complexity index is 524. The van der Waals surface area contributed by atoms with Crippen molar-refractivity contribution in [2.45, 2.75) is 6.04 Å². The maximum Gasteiger partial charge on any atom is 0.130 e. The normalized spacial score (nSPS) is 12.7. The fraction of sp³-hybridized carbons (Fsp3) is 0.250.